The maximum Gasteiger partial charge on any atom is 0.320 e. The number of benzene rings is 2. The van der Waals surface area contributed by atoms with Crippen molar-refractivity contribution in [3.05, 3.63) is 83.9 Å². The zero-order valence-electron chi connectivity index (χ0n) is 24.7. The maximum absolute atomic E-state index is 10.4. The molecule has 17 nitrogen and oxygen atoms in total. The average molecular weight is 649 g/mol. The molecule has 1 aromatic heterocycles. The minimum Gasteiger partial charge on any atom is -0.508 e. The van der Waals surface area contributed by atoms with E-state index in [2.05, 4.69) is 9.97 Å². The molecule has 252 valence electrons. The summed E-state index contributed by atoms with van der Waals surface area (Å²) in [5, 5.41) is 50.7. The van der Waals surface area contributed by atoms with Crippen molar-refractivity contribution >= 4 is 29.8 Å². The number of nitrogens with one attached hydrogen (secondary N) is 1. The van der Waals surface area contributed by atoms with Gasteiger partial charge in [-0.3, -0.25) is 24.0 Å². The zero-order valence-corrected chi connectivity index (χ0v) is 24.7. The van der Waals surface area contributed by atoms with Crippen LogP contribution in [0.1, 0.15) is 29.7 Å². The molecule has 0 fully saturated rings. The van der Waals surface area contributed by atoms with Gasteiger partial charge in [0.25, 0.3) is 0 Å². The minimum atomic E-state index is -1.17. The molecule has 15 N–H and O–H groups in total. The molecule has 0 aliphatic heterocycles. The van der Waals surface area contributed by atoms with Crippen LogP contribution in [-0.2, 0) is 43.2 Å². The van der Waals surface area contributed by atoms with Gasteiger partial charge in [-0.15, -0.1) is 0 Å². The molecule has 0 spiro atoms. The van der Waals surface area contributed by atoms with Gasteiger partial charge in [0.1, 0.15) is 29.9 Å². The van der Waals surface area contributed by atoms with Crippen LogP contribution in [0.3, 0.4) is 0 Å². The summed E-state index contributed by atoms with van der Waals surface area (Å²) < 4.78 is 0. The number of imidazole rings is 1. The molecule has 0 saturated carbocycles. The third kappa shape index (κ3) is 19.8. The fraction of sp³-hybridized carbons (Fsp3) is 0.310. The Kier molecular flexibility index (Phi) is 19.6. The van der Waals surface area contributed by atoms with Crippen LogP contribution in [-0.4, -0.2) is 94.6 Å². The third-order valence-electron chi connectivity index (χ3n) is 5.62. The number of aromatic amines is 1. The molecular formula is C29H40N6O11. The number of aliphatic carboxylic acids is 5. The number of aromatic hydroxyl groups is 1. The number of hydrogen-bond acceptors (Lipinski definition) is 11. The van der Waals surface area contributed by atoms with Gasteiger partial charge in [0.2, 0.25) is 0 Å². The second-order valence-electron chi connectivity index (χ2n) is 9.55. The van der Waals surface area contributed by atoms with E-state index in [1.807, 2.05) is 30.3 Å². The molecule has 0 saturated heterocycles. The van der Waals surface area contributed by atoms with Crippen LogP contribution in [0.25, 0.3) is 0 Å². The van der Waals surface area contributed by atoms with Gasteiger partial charge in [-0.1, -0.05) is 42.5 Å². The summed E-state index contributed by atoms with van der Waals surface area (Å²) in [6.07, 6.45) is 3.77. The van der Waals surface area contributed by atoms with Crippen molar-refractivity contribution in [2.45, 2.75) is 56.3 Å². The normalized spacial score (nSPS) is 12.5. The number of H-pyrrole nitrogens is 1. The van der Waals surface area contributed by atoms with E-state index in [4.69, 9.17) is 53.6 Å². The van der Waals surface area contributed by atoms with Crippen LogP contribution in [0.2, 0.25) is 0 Å². The smallest absolute Gasteiger partial charge is 0.320 e. The number of nitrogens with zero attached hydrogens (tertiary/aromatic N) is 1. The fourth-order valence-electron chi connectivity index (χ4n) is 3.05. The van der Waals surface area contributed by atoms with Crippen molar-refractivity contribution in [1.29, 1.82) is 0 Å². The first-order chi connectivity index (χ1) is 21.5. The standard InChI is InChI=1S/C9H11NO3.C9H11NO2.C6H9N3O2.C5H9NO4/c10-8(9(12)13)5-6-1-3-7(11)4-2-6;10-8(9(11)12)6-7-4-2-1-3-5-7;7-5(6(10)11)1-4-2-8-3-9-4;6-3(5(9)10)1-2-4(7)8/h1-4,8,11H,5,10H2,(H,12,13);1-5,8H,6,10H2,(H,11,12);2-3,5H,1,7H2,(H,8,9)(H,10,11);3H,1-2,6H2,(H,7,8)(H,9,10). The molecule has 3 aromatic rings. The Morgan fingerprint density at radius 3 is 1.46 bits per heavy atom. The molecule has 46 heavy (non-hydrogen) atoms. The highest BCUT2D eigenvalue weighted by atomic mass is 16.4. The van der Waals surface area contributed by atoms with E-state index in [1.54, 1.807) is 18.3 Å². The Hall–Kier alpha value is -5.36. The number of hydrogen-bond donors (Lipinski definition) is 11. The highest BCUT2D eigenvalue weighted by Crippen LogP contribution is 2.10. The summed E-state index contributed by atoms with van der Waals surface area (Å²) in [7, 11) is 0. The number of carboxylic acid groups (broad SMARTS) is 5. The van der Waals surface area contributed by atoms with Crippen molar-refractivity contribution in [2.24, 2.45) is 22.9 Å². The molecule has 0 bridgehead atoms. The molecular weight excluding hydrogens is 608 g/mol. The lowest BCUT2D eigenvalue weighted by molar-refractivity contribution is -0.141. The molecule has 0 amide bonds. The second kappa shape index (κ2) is 22.2. The molecule has 1 heterocycles. The van der Waals surface area contributed by atoms with Crippen LogP contribution >= 0.6 is 0 Å². The van der Waals surface area contributed by atoms with E-state index < -0.39 is 54.0 Å². The van der Waals surface area contributed by atoms with E-state index >= 15 is 0 Å². The molecule has 0 aliphatic carbocycles. The van der Waals surface area contributed by atoms with E-state index in [9.17, 15) is 24.0 Å². The van der Waals surface area contributed by atoms with Gasteiger partial charge in [-0.05, 0) is 42.5 Å². The van der Waals surface area contributed by atoms with E-state index in [0.717, 1.165) is 16.8 Å². The second-order valence-corrected chi connectivity index (χ2v) is 9.55. The van der Waals surface area contributed by atoms with Crippen molar-refractivity contribution in [3.8, 4) is 5.75 Å². The summed E-state index contributed by atoms with van der Waals surface area (Å²) in [5.41, 5.74) is 23.4. The molecule has 0 radical (unpaired) electrons. The predicted molar refractivity (Wildman–Crippen MR) is 164 cm³/mol. The Morgan fingerprint density at radius 2 is 1.07 bits per heavy atom. The summed E-state index contributed by atoms with van der Waals surface area (Å²) in [4.78, 5) is 57.4. The Balaban J connectivity index is 0.000000590. The van der Waals surface area contributed by atoms with Crippen LogP contribution in [0, 0.1) is 0 Å². The highest BCUT2D eigenvalue weighted by Gasteiger charge is 2.14. The predicted octanol–water partition coefficient (Wildman–Crippen LogP) is -0.385. The van der Waals surface area contributed by atoms with Gasteiger partial charge in [0.15, 0.2) is 0 Å². The maximum atomic E-state index is 10.4. The first kappa shape index (κ1) is 40.6. The number of nitrogens with two attached hydrogens (primary N) is 4. The van der Waals surface area contributed by atoms with Crippen molar-refractivity contribution in [3.63, 3.8) is 0 Å². The zero-order chi connectivity index (χ0) is 35.2. The van der Waals surface area contributed by atoms with Gasteiger partial charge in [0, 0.05) is 24.7 Å². The van der Waals surface area contributed by atoms with Gasteiger partial charge in [-0.2, -0.15) is 0 Å². The molecule has 4 atom stereocenters. The summed E-state index contributed by atoms with van der Waals surface area (Å²) in [5.74, 6) is -5.02. The largest absolute Gasteiger partial charge is 0.508 e. The van der Waals surface area contributed by atoms with Gasteiger partial charge in [-0.25, -0.2) is 4.98 Å². The lowest BCUT2D eigenvalue weighted by Crippen LogP contribution is -2.32. The molecule has 4 unspecified atom stereocenters. The molecule has 17 heteroatoms. The number of phenolic OH excluding ortho intramolecular Hbond substituents is 1. The van der Waals surface area contributed by atoms with E-state index in [-0.39, 0.29) is 31.4 Å². The molecule has 3 rings (SSSR count). The lowest BCUT2D eigenvalue weighted by Gasteiger charge is -2.05. The molecule has 2 aromatic carbocycles. The van der Waals surface area contributed by atoms with E-state index in [1.165, 1.54) is 18.5 Å². The quantitative estimate of drug-likeness (QED) is 0.112. The van der Waals surface area contributed by atoms with Gasteiger partial charge in [0.05, 0.1) is 6.33 Å². The highest BCUT2D eigenvalue weighted by molar-refractivity contribution is 5.75. The lowest BCUT2D eigenvalue weighted by atomic mass is 10.1. The van der Waals surface area contributed by atoms with Crippen LogP contribution < -0.4 is 22.9 Å². The van der Waals surface area contributed by atoms with Crippen LogP contribution in [0.4, 0.5) is 0 Å². The SMILES string of the molecule is NC(CCC(=O)O)C(=O)O.NC(Cc1ccc(O)cc1)C(=O)O.NC(Cc1ccccc1)C(=O)O.NC(Cc1cnc[nH]1)C(=O)O. The molecule has 0 aliphatic rings. The minimum absolute atomic E-state index is 0.0231. The summed E-state index contributed by atoms with van der Waals surface area (Å²) in [6.45, 7) is 0. The Morgan fingerprint density at radius 1 is 0.630 bits per heavy atom. The van der Waals surface area contributed by atoms with E-state index in [0.29, 0.717) is 6.42 Å². The van der Waals surface area contributed by atoms with Gasteiger partial charge < -0.3 is 58.6 Å². The van der Waals surface area contributed by atoms with Crippen LogP contribution in [0.5, 0.6) is 5.75 Å². The number of carboxylic acids is 5. The first-order valence-corrected chi connectivity index (χ1v) is 13.5. The summed E-state index contributed by atoms with van der Waals surface area (Å²) in [6, 6.07) is 12.1. The van der Waals surface area contributed by atoms with Crippen molar-refractivity contribution in [2.75, 3.05) is 0 Å². The Labute approximate surface area is 263 Å². The number of phenols is 1. The van der Waals surface area contributed by atoms with Crippen LogP contribution in [0.15, 0.2) is 67.1 Å². The third-order valence-corrected chi connectivity index (χ3v) is 5.62. The summed E-state index contributed by atoms with van der Waals surface area (Å²) >= 11 is 0. The number of carbonyl (C=O) groups is 5. The van der Waals surface area contributed by atoms with Crippen molar-refractivity contribution < 1.29 is 54.6 Å². The van der Waals surface area contributed by atoms with Gasteiger partial charge >= 0.3 is 29.8 Å². The van der Waals surface area contributed by atoms with Crippen molar-refractivity contribution in [1.82, 2.24) is 9.97 Å². The number of rotatable bonds is 13. The topological polar surface area (TPSA) is 339 Å². The number of aromatic nitrogens is 2. The average Bonchev–Trinajstić information content (AvgIpc) is 3.51. The Bertz CT molecular complexity index is 1340. The monoisotopic (exact) mass is 648 g/mol. The first-order valence-electron chi connectivity index (χ1n) is 13.5. The fourth-order valence-corrected chi connectivity index (χ4v) is 3.05.